The maximum absolute atomic E-state index is 11.3. The minimum atomic E-state index is -1.64. The van der Waals surface area contributed by atoms with Gasteiger partial charge < -0.3 is 0 Å². The average Bonchev–Trinajstić information content (AvgIpc) is 2.06. The zero-order valence-electron chi connectivity index (χ0n) is 8.70. The van der Waals surface area contributed by atoms with Crippen molar-refractivity contribution in [3.63, 3.8) is 0 Å². The summed E-state index contributed by atoms with van der Waals surface area (Å²) in [5.41, 5.74) is 0.366. The number of halogens is 3. The van der Waals surface area contributed by atoms with E-state index in [2.05, 4.69) is 19.6 Å². The Morgan fingerprint density at radius 3 is 2.13 bits per heavy atom. The number of rotatable bonds is 2. The van der Waals surface area contributed by atoms with Crippen LogP contribution in [0.2, 0.25) is 29.7 Å². The molecule has 0 saturated heterocycles. The topological polar surface area (TPSA) is 17.1 Å². The Hall–Kier alpha value is -0.0231. The van der Waals surface area contributed by atoms with Gasteiger partial charge in [0.2, 0.25) is 0 Å². The SMILES string of the molecule is C[Si](C)(C)c1ccc(Cl)c(Cl)c1C(=O)Cl. The van der Waals surface area contributed by atoms with Crippen LogP contribution in [0.3, 0.4) is 0 Å². The standard InChI is InChI=1S/C10H11Cl3OSi/c1-15(2,3)7-5-4-6(11)9(12)8(7)10(13)14/h4-5H,1-3H3. The zero-order chi connectivity index (χ0) is 11.8. The van der Waals surface area contributed by atoms with Gasteiger partial charge in [-0.3, -0.25) is 4.79 Å². The smallest absolute Gasteiger partial charge is 0.253 e. The number of benzene rings is 1. The highest BCUT2D eigenvalue weighted by atomic mass is 35.5. The van der Waals surface area contributed by atoms with Crippen LogP contribution >= 0.6 is 34.8 Å². The van der Waals surface area contributed by atoms with Gasteiger partial charge in [0, 0.05) is 0 Å². The van der Waals surface area contributed by atoms with Crippen LogP contribution < -0.4 is 5.19 Å². The highest BCUT2D eigenvalue weighted by molar-refractivity contribution is 6.90. The third kappa shape index (κ3) is 2.75. The molecular formula is C10H11Cl3OSi. The molecule has 1 aromatic carbocycles. The van der Waals surface area contributed by atoms with Crippen LogP contribution in [0.4, 0.5) is 0 Å². The molecule has 82 valence electrons. The van der Waals surface area contributed by atoms with Crippen LogP contribution in [0.25, 0.3) is 0 Å². The first-order valence-corrected chi connectivity index (χ1v) is 9.07. The molecule has 0 aliphatic carbocycles. The summed E-state index contributed by atoms with van der Waals surface area (Å²) in [7, 11) is -1.64. The molecule has 0 amide bonds. The van der Waals surface area contributed by atoms with Crippen molar-refractivity contribution in [3.05, 3.63) is 27.7 Å². The van der Waals surface area contributed by atoms with Gasteiger partial charge in [-0.05, 0) is 22.9 Å². The Kier molecular flexibility index (Phi) is 3.88. The predicted molar refractivity (Wildman–Crippen MR) is 69.6 cm³/mol. The molecule has 5 heteroatoms. The van der Waals surface area contributed by atoms with Crippen molar-refractivity contribution in [2.75, 3.05) is 0 Å². The van der Waals surface area contributed by atoms with Gasteiger partial charge >= 0.3 is 0 Å². The molecule has 0 aromatic heterocycles. The quantitative estimate of drug-likeness (QED) is 0.593. The molecule has 0 N–H and O–H groups in total. The first kappa shape index (κ1) is 13.0. The monoisotopic (exact) mass is 280 g/mol. The summed E-state index contributed by atoms with van der Waals surface area (Å²) in [6.07, 6.45) is 0. The number of hydrogen-bond acceptors (Lipinski definition) is 1. The van der Waals surface area contributed by atoms with Crippen molar-refractivity contribution in [2.24, 2.45) is 0 Å². The third-order valence-electron chi connectivity index (χ3n) is 2.10. The second-order valence-corrected chi connectivity index (χ2v) is 10.5. The lowest BCUT2D eigenvalue weighted by atomic mass is 10.2. The molecule has 0 fully saturated rings. The summed E-state index contributed by atoms with van der Waals surface area (Å²) in [6, 6.07) is 3.55. The first-order valence-electron chi connectivity index (χ1n) is 4.43. The minimum Gasteiger partial charge on any atom is -0.276 e. The zero-order valence-corrected chi connectivity index (χ0v) is 12.0. The molecule has 1 nitrogen and oxygen atoms in total. The lowest BCUT2D eigenvalue weighted by Crippen LogP contribution is -2.41. The van der Waals surface area contributed by atoms with E-state index < -0.39 is 13.3 Å². The molecule has 0 bridgehead atoms. The second kappa shape index (κ2) is 4.46. The fourth-order valence-electron chi connectivity index (χ4n) is 1.37. The molecule has 1 aromatic rings. The Bertz CT molecular complexity index is 410. The van der Waals surface area contributed by atoms with E-state index in [0.29, 0.717) is 10.6 Å². The van der Waals surface area contributed by atoms with Gasteiger partial charge in [0.05, 0.1) is 23.7 Å². The van der Waals surface area contributed by atoms with Crippen molar-refractivity contribution < 1.29 is 4.79 Å². The van der Waals surface area contributed by atoms with Gasteiger partial charge in [0.15, 0.2) is 0 Å². The molecule has 0 aliphatic heterocycles. The Labute approximate surface area is 105 Å². The Balaban J connectivity index is 3.55. The van der Waals surface area contributed by atoms with E-state index in [4.69, 9.17) is 34.8 Å². The molecule has 0 unspecified atom stereocenters. The van der Waals surface area contributed by atoms with Crippen LogP contribution in [-0.2, 0) is 0 Å². The van der Waals surface area contributed by atoms with Crippen molar-refractivity contribution in [1.29, 1.82) is 0 Å². The van der Waals surface area contributed by atoms with E-state index in [0.717, 1.165) is 5.19 Å². The van der Waals surface area contributed by atoms with Gasteiger partial charge in [0.25, 0.3) is 5.24 Å². The Morgan fingerprint density at radius 2 is 1.73 bits per heavy atom. The van der Waals surface area contributed by atoms with Crippen molar-refractivity contribution in [3.8, 4) is 0 Å². The number of hydrogen-bond donors (Lipinski definition) is 0. The summed E-state index contributed by atoms with van der Waals surface area (Å²) in [5, 5.41) is 1.02. The van der Waals surface area contributed by atoms with Gasteiger partial charge in [-0.2, -0.15) is 0 Å². The maximum Gasteiger partial charge on any atom is 0.253 e. The highest BCUT2D eigenvalue weighted by Gasteiger charge is 2.25. The molecule has 15 heavy (non-hydrogen) atoms. The minimum absolute atomic E-state index is 0.261. The summed E-state index contributed by atoms with van der Waals surface area (Å²) in [4.78, 5) is 11.3. The van der Waals surface area contributed by atoms with Crippen molar-refractivity contribution in [2.45, 2.75) is 19.6 Å². The normalized spacial score (nSPS) is 11.6. The van der Waals surface area contributed by atoms with E-state index in [1.165, 1.54) is 0 Å². The second-order valence-electron chi connectivity index (χ2n) is 4.31. The Morgan fingerprint density at radius 1 is 1.20 bits per heavy atom. The van der Waals surface area contributed by atoms with Gasteiger partial charge in [-0.1, -0.05) is 48.9 Å². The van der Waals surface area contributed by atoms with E-state index in [-0.39, 0.29) is 5.02 Å². The molecular weight excluding hydrogens is 271 g/mol. The fraction of sp³-hybridized carbons (Fsp3) is 0.300. The maximum atomic E-state index is 11.3. The van der Waals surface area contributed by atoms with E-state index in [1.54, 1.807) is 6.07 Å². The highest BCUT2D eigenvalue weighted by Crippen LogP contribution is 2.27. The lowest BCUT2D eigenvalue weighted by molar-refractivity contribution is 0.108. The fourth-order valence-corrected chi connectivity index (χ4v) is 3.75. The molecule has 0 heterocycles. The molecule has 0 spiro atoms. The lowest BCUT2D eigenvalue weighted by Gasteiger charge is -2.20. The third-order valence-corrected chi connectivity index (χ3v) is 5.13. The molecule has 0 radical (unpaired) electrons. The molecule has 0 aliphatic rings. The number of carbonyl (C=O) groups excluding carboxylic acids is 1. The van der Waals surface area contributed by atoms with Crippen LogP contribution in [0.5, 0.6) is 0 Å². The predicted octanol–water partition coefficient (Wildman–Crippen LogP) is 3.92. The van der Waals surface area contributed by atoms with E-state index in [1.807, 2.05) is 6.07 Å². The molecule has 1 rings (SSSR count). The summed E-state index contributed by atoms with van der Waals surface area (Å²) in [6.45, 7) is 6.36. The first-order chi connectivity index (χ1) is 6.75. The summed E-state index contributed by atoms with van der Waals surface area (Å²) < 4.78 is 0. The van der Waals surface area contributed by atoms with Gasteiger partial charge in [0.1, 0.15) is 0 Å². The molecule has 0 atom stereocenters. The summed E-state index contributed by atoms with van der Waals surface area (Å²) >= 11 is 17.4. The number of carbonyl (C=O) groups is 1. The van der Waals surface area contributed by atoms with Gasteiger partial charge in [-0.15, -0.1) is 0 Å². The van der Waals surface area contributed by atoms with E-state index in [9.17, 15) is 4.79 Å². The van der Waals surface area contributed by atoms with Crippen LogP contribution in [0, 0.1) is 0 Å². The van der Waals surface area contributed by atoms with Crippen LogP contribution in [-0.4, -0.2) is 13.3 Å². The van der Waals surface area contributed by atoms with Crippen LogP contribution in [0.1, 0.15) is 10.4 Å². The summed E-state index contributed by atoms with van der Waals surface area (Å²) in [5.74, 6) is 0. The van der Waals surface area contributed by atoms with E-state index >= 15 is 0 Å². The van der Waals surface area contributed by atoms with Crippen molar-refractivity contribution >= 4 is 53.3 Å². The van der Waals surface area contributed by atoms with Crippen molar-refractivity contribution in [1.82, 2.24) is 0 Å². The average molecular weight is 282 g/mol. The largest absolute Gasteiger partial charge is 0.276 e. The van der Waals surface area contributed by atoms with Gasteiger partial charge in [-0.25, -0.2) is 0 Å². The molecule has 0 saturated carbocycles. The van der Waals surface area contributed by atoms with Crippen LogP contribution in [0.15, 0.2) is 12.1 Å².